The Morgan fingerprint density at radius 3 is 1.47 bits per heavy atom. The van der Waals surface area contributed by atoms with Crippen molar-refractivity contribution >= 4 is 9.52 Å². The fraction of sp³-hybridized carbons (Fsp3) is 0.429. The molecule has 0 spiro atoms. The smallest absolute Gasteiger partial charge is 0.0661 e. The molecule has 0 saturated carbocycles. The monoisotopic (exact) mass is 214 g/mol. The first-order valence-electron chi connectivity index (χ1n) is 5.62. The molecule has 0 heterocycles. The van der Waals surface area contributed by atoms with Crippen molar-refractivity contribution in [3.63, 3.8) is 0 Å². The van der Waals surface area contributed by atoms with E-state index in [1.807, 2.05) is 0 Å². The van der Waals surface area contributed by atoms with Crippen LogP contribution in [0.4, 0.5) is 0 Å². The SMILES string of the molecule is CC1=C(C)C([SiH2]C2=[C]CC(C)=C2C)=[C]C1. The highest BCUT2D eigenvalue weighted by molar-refractivity contribution is 6.56. The van der Waals surface area contributed by atoms with Gasteiger partial charge in [-0.3, -0.25) is 0 Å². The van der Waals surface area contributed by atoms with E-state index in [-0.39, 0.29) is 9.52 Å². The van der Waals surface area contributed by atoms with Crippen LogP contribution in [-0.4, -0.2) is 9.52 Å². The van der Waals surface area contributed by atoms with E-state index < -0.39 is 0 Å². The van der Waals surface area contributed by atoms with Gasteiger partial charge in [0, 0.05) is 0 Å². The minimum atomic E-state index is -0.299. The van der Waals surface area contributed by atoms with Crippen LogP contribution >= 0.6 is 0 Å². The van der Waals surface area contributed by atoms with E-state index in [1.54, 1.807) is 0 Å². The van der Waals surface area contributed by atoms with Gasteiger partial charge in [0.2, 0.25) is 0 Å². The Labute approximate surface area is 95.3 Å². The number of rotatable bonds is 2. The van der Waals surface area contributed by atoms with Crippen molar-refractivity contribution in [3.05, 3.63) is 44.8 Å². The summed E-state index contributed by atoms with van der Waals surface area (Å²) in [6, 6.07) is 0. The van der Waals surface area contributed by atoms with Gasteiger partial charge in [0.25, 0.3) is 0 Å². The van der Waals surface area contributed by atoms with Crippen molar-refractivity contribution in [3.8, 4) is 0 Å². The molecule has 2 rings (SSSR count). The fourth-order valence-corrected chi connectivity index (χ4v) is 4.08. The van der Waals surface area contributed by atoms with Crippen LogP contribution in [-0.2, 0) is 0 Å². The van der Waals surface area contributed by atoms with Crippen molar-refractivity contribution in [1.29, 1.82) is 0 Å². The van der Waals surface area contributed by atoms with Crippen molar-refractivity contribution in [2.45, 2.75) is 40.5 Å². The van der Waals surface area contributed by atoms with Gasteiger partial charge in [0.1, 0.15) is 0 Å². The van der Waals surface area contributed by atoms with E-state index in [0.717, 1.165) is 12.8 Å². The van der Waals surface area contributed by atoms with Crippen LogP contribution in [0, 0.1) is 12.2 Å². The summed E-state index contributed by atoms with van der Waals surface area (Å²) in [4.78, 5) is 0. The molecule has 0 atom stereocenters. The summed E-state index contributed by atoms with van der Waals surface area (Å²) in [5, 5.41) is 3.06. The molecule has 0 fully saturated rings. The molecule has 0 amide bonds. The van der Waals surface area contributed by atoms with Crippen LogP contribution in [0.2, 0.25) is 0 Å². The predicted molar refractivity (Wildman–Crippen MR) is 68.0 cm³/mol. The van der Waals surface area contributed by atoms with E-state index in [2.05, 4.69) is 39.8 Å². The summed E-state index contributed by atoms with van der Waals surface area (Å²) in [5.74, 6) is 0. The van der Waals surface area contributed by atoms with Crippen molar-refractivity contribution in [1.82, 2.24) is 0 Å². The summed E-state index contributed by atoms with van der Waals surface area (Å²) in [6.07, 6.45) is 9.20. The molecular formula is C14H18Si. The molecule has 0 bridgehead atoms. The molecule has 0 nitrogen and oxygen atoms in total. The molecule has 0 aromatic heterocycles. The zero-order chi connectivity index (χ0) is 11.0. The van der Waals surface area contributed by atoms with Crippen molar-refractivity contribution < 1.29 is 0 Å². The van der Waals surface area contributed by atoms with Gasteiger partial charge in [0.15, 0.2) is 0 Å². The maximum Gasteiger partial charge on any atom is 0.0889 e. The first kappa shape index (κ1) is 10.7. The summed E-state index contributed by atoms with van der Waals surface area (Å²) in [7, 11) is -0.299. The summed E-state index contributed by atoms with van der Waals surface area (Å²) < 4.78 is 0. The third-order valence-corrected chi connectivity index (χ3v) is 5.94. The molecule has 2 aliphatic rings. The Morgan fingerprint density at radius 1 is 0.800 bits per heavy atom. The second kappa shape index (κ2) is 3.97. The molecule has 0 aliphatic heterocycles. The molecule has 2 aliphatic carbocycles. The lowest BCUT2D eigenvalue weighted by Gasteiger charge is -2.07. The Balaban J connectivity index is 2.13. The highest BCUT2D eigenvalue weighted by Crippen LogP contribution is 2.30. The average Bonchev–Trinajstić information content (AvgIpc) is 2.68. The highest BCUT2D eigenvalue weighted by atomic mass is 28.2. The van der Waals surface area contributed by atoms with E-state index >= 15 is 0 Å². The largest absolute Gasteiger partial charge is 0.0889 e. The number of hydrogen-bond donors (Lipinski definition) is 0. The van der Waals surface area contributed by atoms with Crippen LogP contribution in [0.3, 0.4) is 0 Å². The minimum Gasteiger partial charge on any atom is -0.0661 e. The zero-order valence-electron chi connectivity index (χ0n) is 10.1. The second-order valence-electron chi connectivity index (χ2n) is 4.65. The molecule has 0 N–H and O–H groups in total. The van der Waals surface area contributed by atoms with Crippen molar-refractivity contribution in [2.24, 2.45) is 0 Å². The minimum absolute atomic E-state index is 0.299. The van der Waals surface area contributed by atoms with Crippen LogP contribution in [0.15, 0.2) is 32.7 Å². The predicted octanol–water partition coefficient (Wildman–Crippen LogP) is 3.01. The van der Waals surface area contributed by atoms with Gasteiger partial charge < -0.3 is 0 Å². The molecule has 0 saturated heterocycles. The lowest BCUT2D eigenvalue weighted by molar-refractivity contribution is 1.20. The molecular weight excluding hydrogens is 196 g/mol. The van der Waals surface area contributed by atoms with E-state index in [1.165, 1.54) is 32.7 Å². The standard InChI is InChI=1S/C14H18Si/c1-9-5-7-13(11(9)3)15-14-8-6-10(2)12(14)4/h5-6,15H2,1-4H3. The lowest BCUT2D eigenvalue weighted by Crippen LogP contribution is -2.01. The molecule has 78 valence electrons. The van der Waals surface area contributed by atoms with Gasteiger partial charge in [-0.1, -0.05) is 32.7 Å². The molecule has 0 aromatic carbocycles. The Hall–Kier alpha value is -0.823. The first-order chi connectivity index (χ1) is 7.09. The topological polar surface area (TPSA) is 0 Å². The van der Waals surface area contributed by atoms with E-state index in [4.69, 9.17) is 0 Å². The maximum atomic E-state index is 3.54. The highest BCUT2D eigenvalue weighted by Gasteiger charge is 2.17. The van der Waals surface area contributed by atoms with Crippen LogP contribution in [0.5, 0.6) is 0 Å². The normalized spacial score (nSPS) is 21.3. The third kappa shape index (κ3) is 1.93. The van der Waals surface area contributed by atoms with Crippen LogP contribution in [0.25, 0.3) is 0 Å². The number of allylic oxidation sites excluding steroid dienone is 8. The molecule has 0 aromatic rings. The average molecular weight is 214 g/mol. The van der Waals surface area contributed by atoms with Gasteiger partial charge in [-0.25, -0.2) is 0 Å². The van der Waals surface area contributed by atoms with Gasteiger partial charge >= 0.3 is 0 Å². The zero-order valence-corrected chi connectivity index (χ0v) is 11.5. The summed E-state index contributed by atoms with van der Waals surface area (Å²) in [6.45, 7) is 8.95. The molecule has 0 unspecified atom stereocenters. The van der Waals surface area contributed by atoms with Gasteiger partial charge in [0.05, 0.1) is 9.52 Å². The van der Waals surface area contributed by atoms with Gasteiger partial charge in [-0.05, 0) is 52.7 Å². The van der Waals surface area contributed by atoms with Crippen LogP contribution < -0.4 is 0 Å². The Morgan fingerprint density at radius 2 is 1.20 bits per heavy atom. The van der Waals surface area contributed by atoms with Gasteiger partial charge in [-0.2, -0.15) is 0 Å². The lowest BCUT2D eigenvalue weighted by atomic mass is 10.2. The fourth-order valence-electron chi connectivity index (χ4n) is 2.09. The summed E-state index contributed by atoms with van der Waals surface area (Å²) in [5.41, 5.74) is 6.03. The van der Waals surface area contributed by atoms with Gasteiger partial charge in [-0.15, -0.1) is 0 Å². The quantitative estimate of drug-likeness (QED) is 0.620. The third-order valence-electron chi connectivity index (χ3n) is 3.67. The maximum absolute atomic E-state index is 3.54. The summed E-state index contributed by atoms with van der Waals surface area (Å²) >= 11 is 0. The molecule has 15 heavy (non-hydrogen) atoms. The second-order valence-corrected chi connectivity index (χ2v) is 6.42. The van der Waals surface area contributed by atoms with Crippen LogP contribution in [0.1, 0.15) is 40.5 Å². The molecule has 1 heteroatoms. The first-order valence-corrected chi connectivity index (χ1v) is 7.04. The van der Waals surface area contributed by atoms with Crippen molar-refractivity contribution in [2.75, 3.05) is 0 Å². The molecule has 2 radical (unpaired) electrons. The number of hydrogen-bond acceptors (Lipinski definition) is 0. The Kier molecular flexibility index (Phi) is 2.83. The van der Waals surface area contributed by atoms with E-state index in [9.17, 15) is 0 Å². The Bertz CT molecular complexity index is 377. The van der Waals surface area contributed by atoms with E-state index in [0.29, 0.717) is 0 Å².